The molecule has 11 heteroatoms. The van der Waals surface area contributed by atoms with Crippen molar-refractivity contribution in [1.29, 1.82) is 0 Å². The molecule has 9 nitrogen and oxygen atoms in total. The summed E-state index contributed by atoms with van der Waals surface area (Å²) in [5.74, 6) is -2.09. The van der Waals surface area contributed by atoms with Crippen LogP contribution in [0.4, 0.5) is 11.4 Å². The Morgan fingerprint density at radius 1 is 1.28 bits per heavy atom. The Hall–Kier alpha value is -3.04. The van der Waals surface area contributed by atoms with Crippen molar-refractivity contribution >= 4 is 46.5 Å². The maximum absolute atomic E-state index is 12.5. The second kappa shape index (κ2) is 8.14. The van der Waals surface area contributed by atoms with E-state index in [0.29, 0.717) is 21.8 Å². The third kappa shape index (κ3) is 4.52. The average Bonchev–Trinajstić information content (AvgIpc) is 2.62. The van der Waals surface area contributed by atoms with Gasteiger partial charge in [0.15, 0.2) is 5.75 Å². The van der Waals surface area contributed by atoms with E-state index < -0.39 is 40.3 Å². The van der Waals surface area contributed by atoms with Crippen molar-refractivity contribution < 1.29 is 24.7 Å². The Morgan fingerprint density at radius 3 is 2.66 bits per heavy atom. The fourth-order valence-electron chi connectivity index (χ4n) is 3.21. The molecule has 3 rings (SSSR count). The Balaban J connectivity index is 1.84. The Kier molecular flexibility index (Phi) is 5.81. The number of hydrogen-bond acceptors (Lipinski definition) is 6. The number of fused-ring (bicyclic) bond motifs is 1. The van der Waals surface area contributed by atoms with E-state index in [2.05, 4.69) is 10.6 Å². The normalized spacial score (nSPS) is 17.7. The average molecular weight is 440 g/mol. The van der Waals surface area contributed by atoms with Gasteiger partial charge in [0, 0.05) is 33.8 Å². The van der Waals surface area contributed by atoms with Crippen LogP contribution in [0, 0.1) is 10.1 Å². The van der Waals surface area contributed by atoms with Crippen LogP contribution in [-0.4, -0.2) is 33.1 Å². The second-order valence-corrected chi connectivity index (χ2v) is 7.34. The minimum atomic E-state index is -1.10. The molecule has 152 valence electrons. The van der Waals surface area contributed by atoms with Crippen LogP contribution in [0.2, 0.25) is 10.0 Å². The summed E-state index contributed by atoms with van der Waals surface area (Å²) in [7, 11) is 0. The zero-order valence-corrected chi connectivity index (χ0v) is 16.2. The van der Waals surface area contributed by atoms with Crippen LogP contribution >= 0.6 is 23.2 Å². The number of carboxylic acids is 1. The molecule has 2 aromatic carbocycles. The molecule has 4 N–H and O–H groups in total. The number of phenolic OH excluding ortho intramolecular Hbond substituents is 1. The predicted molar refractivity (Wildman–Crippen MR) is 105 cm³/mol. The lowest BCUT2D eigenvalue weighted by atomic mass is 9.92. The van der Waals surface area contributed by atoms with Crippen LogP contribution in [0.3, 0.4) is 0 Å². The van der Waals surface area contributed by atoms with Gasteiger partial charge in [-0.15, -0.1) is 0 Å². The van der Waals surface area contributed by atoms with E-state index in [0.717, 1.165) is 12.1 Å². The number of benzene rings is 2. The van der Waals surface area contributed by atoms with Gasteiger partial charge in [0.05, 0.1) is 17.4 Å². The maximum Gasteiger partial charge on any atom is 0.326 e. The lowest BCUT2D eigenvalue weighted by Crippen LogP contribution is -2.41. The van der Waals surface area contributed by atoms with Crippen molar-refractivity contribution in [1.82, 2.24) is 5.32 Å². The molecule has 1 aliphatic heterocycles. The van der Waals surface area contributed by atoms with E-state index >= 15 is 0 Å². The van der Waals surface area contributed by atoms with E-state index in [1.54, 1.807) is 0 Å². The molecule has 0 spiro atoms. The number of hydrogen-bond donors (Lipinski definition) is 4. The summed E-state index contributed by atoms with van der Waals surface area (Å²) in [5.41, 5.74) is 0.731. The van der Waals surface area contributed by atoms with Gasteiger partial charge in [0.2, 0.25) is 5.91 Å². The summed E-state index contributed by atoms with van der Waals surface area (Å²) in [4.78, 5) is 34.2. The van der Waals surface area contributed by atoms with Crippen molar-refractivity contribution in [2.75, 3.05) is 5.32 Å². The molecule has 2 unspecified atom stereocenters. The molecule has 29 heavy (non-hydrogen) atoms. The number of anilines is 1. The standard InChI is InChI=1S/C18H15Cl2N3O6/c19-9-5-10(20)17-11(6-9)21-13(18(26)27)7-12(17)22-16(25)4-8-1-2-15(24)14(3-8)23(28)29/h1-3,5-6,12-13,21,24H,4,7H2,(H,22,25)(H,26,27). The topological polar surface area (TPSA) is 142 Å². The first-order valence-electron chi connectivity index (χ1n) is 8.39. The molecule has 1 aliphatic rings. The van der Waals surface area contributed by atoms with Gasteiger partial charge in [-0.2, -0.15) is 0 Å². The Labute approximate surface area is 174 Å². The van der Waals surface area contributed by atoms with Gasteiger partial charge in [-0.1, -0.05) is 29.3 Å². The van der Waals surface area contributed by atoms with E-state index in [9.17, 15) is 29.9 Å². The molecular formula is C18H15Cl2N3O6. The number of nitrogens with zero attached hydrogens (tertiary/aromatic N) is 1. The summed E-state index contributed by atoms with van der Waals surface area (Å²) in [6, 6.07) is 5.00. The van der Waals surface area contributed by atoms with E-state index in [1.165, 1.54) is 18.2 Å². The molecule has 1 heterocycles. The Morgan fingerprint density at radius 2 is 2.00 bits per heavy atom. The van der Waals surface area contributed by atoms with Crippen LogP contribution in [0.15, 0.2) is 30.3 Å². The SMILES string of the molecule is O=C(Cc1ccc(O)c([N+](=O)[O-])c1)NC1CC(C(=O)O)Nc2cc(Cl)cc(Cl)c21. The van der Waals surface area contributed by atoms with Crippen molar-refractivity contribution in [3.8, 4) is 5.75 Å². The first-order chi connectivity index (χ1) is 13.7. The highest BCUT2D eigenvalue weighted by molar-refractivity contribution is 6.35. The molecule has 1 amide bonds. The number of halogens is 2. The third-order valence-corrected chi connectivity index (χ3v) is 5.01. The predicted octanol–water partition coefficient (Wildman–Crippen LogP) is 3.28. The fraction of sp³-hybridized carbons (Fsp3) is 0.222. The van der Waals surface area contributed by atoms with Crippen molar-refractivity contribution in [2.24, 2.45) is 0 Å². The van der Waals surface area contributed by atoms with E-state index in [4.69, 9.17) is 23.2 Å². The number of carboxylic acid groups (broad SMARTS) is 1. The number of carbonyl (C=O) groups is 2. The molecule has 0 radical (unpaired) electrons. The summed E-state index contributed by atoms with van der Waals surface area (Å²) < 4.78 is 0. The number of rotatable bonds is 5. The van der Waals surface area contributed by atoms with Crippen LogP contribution in [0.1, 0.15) is 23.6 Å². The minimum absolute atomic E-state index is 0.0468. The lowest BCUT2D eigenvalue weighted by Gasteiger charge is -2.32. The number of phenols is 1. The summed E-state index contributed by atoms with van der Waals surface area (Å²) in [6.45, 7) is 0. The highest BCUT2D eigenvalue weighted by Crippen LogP contribution is 2.40. The molecule has 0 bridgehead atoms. The number of aromatic hydroxyl groups is 1. The number of carbonyl (C=O) groups excluding carboxylic acids is 1. The molecule has 0 aliphatic carbocycles. The van der Waals surface area contributed by atoms with Gasteiger partial charge in [-0.25, -0.2) is 4.79 Å². The van der Waals surface area contributed by atoms with Crippen LogP contribution in [-0.2, 0) is 16.0 Å². The summed E-state index contributed by atoms with van der Waals surface area (Å²) in [5, 5.41) is 36.0. The smallest absolute Gasteiger partial charge is 0.326 e. The van der Waals surface area contributed by atoms with Crippen molar-refractivity contribution in [3.63, 3.8) is 0 Å². The Bertz CT molecular complexity index is 1010. The van der Waals surface area contributed by atoms with Crippen LogP contribution in [0.25, 0.3) is 0 Å². The molecule has 2 atom stereocenters. The molecular weight excluding hydrogens is 425 g/mol. The van der Waals surface area contributed by atoms with Crippen molar-refractivity contribution in [3.05, 3.63) is 61.6 Å². The zero-order chi connectivity index (χ0) is 21.3. The van der Waals surface area contributed by atoms with Crippen LogP contribution < -0.4 is 10.6 Å². The van der Waals surface area contributed by atoms with Crippen molar-refractivity contribution in [2.45, 2.75) is 24.9 Å². The van der Waals surface area contributed by atoms with Crippen LogP contribution in [0.5, 0.6) is 5.75 Å². The number of nitrogens with one attached hydrogen (secondary N) is 2. The first kappa shape index (κ1) is 20.7. The summed E-state index contributed by atoms with van der Waals surface area (Å²) in [6.07, 6.45) is -0.158. The monoisotopic (exact) mass is 439 g/mol. The molecule has 0 saturated heterocycles. The second-order valence-electron chi connectivity index (χ2n) is 6.50. The summed E-state index contributed by atoms with van der Waals surface area (Å²) >= 11 is 12.2. The van der Waals surface area contributed by atoms with E-state index in [1.807, 2.05) is 0 Å². The number of amides is 1. The van der Waals surface area contributed by atoms with E-state index in [-0.39, 0.29) is 17.9 Å². The van der Waals surface area contributed by atoms with Gasteiger partial charge in [0.1, 0.15) is 6.04 Å². The maximum atomic E-state index is 12.5. The molecule has 0 aromatic heterocycles. The van der Waals surface area contributed by atoms with Gasteiger partial charge >= 0.3 is 11.7 Å². The fourth-order valence-corrected chi connectivity index (χ4v) is 3.83. The molecule has 0 fully saturated rings. The minimum Gasteiger partial charge on any atom is -0.502 e. The zero-order valence-electron chi connectivity index (χ0n) is 14.7. The van der Waals surface area contributed by atoms with Gasteiger partial charge in [-0.05, 0) is 23.8 Å². The van der Waals surface area contributed by atoms with Gasteiger partial charge in [-0.3, -0.25) is 14.9 Å². The highest BCUT2D eigenvalue weighted by Gasteiger charge is 2.33. The quantitative estimate of drug-likeness (QED) is 0.413. The third-order valence-electron chi connectivity index (χ3n) is 4.48. The first-order valence-corrected chi connectivity index (χ1v) is 9.15. The molecule has 0 saturated carbocycles. The number of nitro groups is 1. The van der Waals surface area contributed by atoms with Gasteiger partial charge < -0.3 is 20.8 Å². The molecule has 2 aromatic rings. The lowest BCUT2D eigenvalue weighted by molar-refractivity contribution is -0.385. The number of aliphatic carboxylic acids is 1. The largest absolute Gasteiger partial charge is 0.502 e. The highest BCUT2D eigenvalue weighted by atomic mass is 35.5. The number of nitro benzene ring substituents is 1. The van der Waals surface area contributed by atoms with Gasteiger partial charge in [0.25, 0.3) is 0 Å².